The van der Waals surface area contributed by atoms with Crippen molar-refractivity contribution >= 4 is 17.5 Å². The number of carbonyl (C=O) groups excluding carboxylic acids is 1. The topological polar surface area (TPSA) is 63.3 Å². The van der Waals surface area contributed by atoms with Gasteiger partial charge in [-0.1, -0.05) is 11.8 Å². The quantitative estimate of drug-likeness (QED) is 0.681. The fourth-order valence-corrected chi connectivity index (χ4v) is 2.07. The van der Waals surface area contributed by atoms with Gasteiger partial charge in [0.05, 0.1) is 17.0 Å². The second-order valence-electron chi connectivity index (χ2n) is 3.63. The Bertz CT molecular complexity index is 582. The molecule has 18 heavy (non-hydrogen) atoms. The monoisotopic (exact) mass is 267 g/mol. The highest BCUT2D eigenvalue weighted by Crippen LogP contribution is 2.23. The van der Waals surface area contributed by atoms with Crippen LogP contribution in [0.5, 0.6) is 5.75 Å². The summed E-state index contributed by atoms with van der Waals surface area (Å²) in [4.78, 5) is 15.8. The number of aromatic nitrogens is 1. The largest absolute Gasteiger partial charge is 0.507 e. The smallest absolute Gasteiger partial charge is 0.256 e. The number of halogens is 1. The van der Waals surface area contributed by atoms with Gasteiger partial charge < -0.3 is 9.52 Å². The number of aryl methyl sites for hydroxylation is 1. The minimum Gasteiger partial charge on any atom is -0.507 e. The van der Waals surface area contributed by atoms with Crippen LogP contribution in [0.15, 0.2) is 34.1 Å². The van der Waals surface area contributed by atoms with Gasteiger partial charge in [0.15, 0.2) is 5.78 Å². The fraction of sp³-hybridized carbons (Fsp3) is 0.167. The number of oxazole rings is 1. The van der Waals surface area contributed by atoms with Crippen molar-refractivity contribution in [1.29, 1.82) is 0 Å². The zero-order valence-electron chi connectivity index (χ0n) is 9.51. The second kappa shape index (κ2) is 5.22. The summed E-state index contributed by atoms with van der Waals surface area (Å²) in [6.07, 6.45) is 1.48. The van der Waals surface area contributed by atoms with Crippen molar-refractivity contribution in [3.05, 3.63) is 41.5 Å². The van der Waals surface area contributed by atoms with E-state index in [0.717, 1.165) is 35.7 Å². The summed E-state index contributed by atoms with van der Waals surface area (Å²) in [5.74, 6) is -1.15. The first kappa shape index (κ1) is 12.6. The first-order chi connectivity index (χ1) is 8.56. The summed E-state index contributed by atoms with van der Waals surface area (Å²) in [6.45, 7) is 1.77. The van der Waals surface area contributed by atoms with Gasteiger partial charge in [0.1, 0.15) is 17.8 Å². The second-order valence-corrected chi connectivity index (χ2v) is 4.55. The summed E-state index contributed by atoms with van der Waals surface area (Å²) in [5, 5.41) is 9.84. The Morgan fingerprint density at radius 1 is 1.56 bits per heavy atom. The predicted molar refractivity (Wildman–Crippen MR) is 64.4 cm³/mol. The van der Waals surface area contributed by atoms with Gasteiger partial charge >= 0.3 is 0 Å². The molecule has 94 valence electrons. The van der Waals surface area contributed by atoms with E-state index in [2.05, 4.69) is 4.98 Å². The Kier molecular flexibility index (Phi) is 3.66. The lowest BCUT2D eigenvalue weighted by Crippen LogP contribution is -2.03. The molecule has 1 aromatic heterocycles. The van der Waals surface area contributed by atoms with E-state index < -0.39 is 5.82 Å². The van der Waals surface area contributed by atoms with Gasteiger partial charge in [-0.2, -0.15) is 0 Å². The molecule has 0 fully saturated rings. The first-order valence-electron chi connectivity index (χ1n) is 5.13. The van der Waals surface area contributed by atoms with Crippen LogP contribution in [0.25, 0.3) is 0 Å². The molecule has 1 aromatic carbocycles. The van der Waals surface area contributed by atoms with Gasteiger partial charge in [0.2, 0.25) is 0 Å². The lowest BCUT2D eigenvalue weighted by molar-refractivity contribution is 0.101. The summed E-state index contributed by atoms with van der Waals surface area (Å²) in [5.41, 5.74) is 0.685. The maximum atomic E-state index is 13.0. The van der Waals surface area contributed by atoms with Crippen LogP contribution in [0.2, 0.25) is 0 Å². The Morgan fingerprint density at radius 3 is 3.00 bits per heavy atom. The molecule has 2 rings (SSSR count). The van der Waals surface area contributed by atoms with Crippen molar-refractivity contribution in [2.45, 2.75) is 12.1 Å². The third-order valence-electron chi connectivity index (χ3n) is 2.18. The van der Waals surface area contributed by atoms with E-state index in [4.69, 9.17) is 4.42 Å². The molecule has 0 aliphatic heterocycles. The Labute approximate surface area is 107 Å². The zero-order chi connectivity index (χ0) is 13.1. The van der Waals surface area contributed by atoms with Gasteiger partial charge in [-0.15, -0.1) is 0 Å². The number of rotatable bonds is 4. The summed E-state index contributed by atoms with van der Waals surface area (Å²) in [7, 11) is 0. The molecule has 0 spiro atoms. The van der Waals surface area contributed by atoms with E-state index >= 15 is 0 Å². The third kappa shape index (κ3) is 2.89. The van der Waals surface area contributed by atoms with Crippen molar-refractivity contribution in [3.63, 3.8) is 0 Å². The molecular formula is C12H10FNO3S. The fourth-order valence-electron chi connectivity index (χ4n) is 1.34. The highest BCUT2D eigenvalue weighted by Gasteiger charge is 2.14. The van der Waals surface area contributed by atoms with Crippen molar-refractivity contribution < 1.29 is 18.7 Å². The number of aromatic hydroxyl groups is 1. The molecule has 4 nitrogen and oxygen atoms in total. The summed E-state index contributed by atoms with van der Waals surface area (Å²) >= 11 is 1.10. The number of carbonyl (C=O) groups is 1. The van der Waals surface area contributed by atoms with Crippen LogP contribution >= 0.6 is 11.8 Å². The zero-order valence-corrected chi connectivity index (χ0v) is 10.3. The number of phenols is 1. The molecule has 0 amide bonds. The minimum atomic E-state index is -0.562. The maximum absolute atomic E-state index is 13.0. The number of phenolic OH excluding ortho intramolecular Hbond substituents is 1. The van der Waals surface area contributed by atoms with Crippen LogP contribution in [0.1, 0.15) is 16.1 Å². The van der Waals surface area contributed by atoms with Crippen LogP contribution in [-0.2, 0) is 0 Å². The van der Waals surface area contributed by atoms with E-state index in [-0.39, 0.29) is 22.8 Å². The molecule has 1 N–H and O–H groups in total. The minimum absolute atomic E-state index is 0.0248. The number of ketones is 1. The van der Waals surface area contributed by atoms with Crippen molar-refractivity contribution in [2.24, 2.45) is 0 Å². The van der Waals surface area contributed by atoms with Crippen LogP contribution in [0.3, 0.4) is 0 Å². The molecule has 0 bridgehead atoms. The highest BCUT2D eigenvalue weighted by atomic mass is 32.2. The van der Waals surface area contributed by atoms with Crippen LogP contribution in [0, 0.1) is 12.7 Å². The molecule has 0 aliphatic carbocycles. The van der Waals surface area contributed by atoms with Gasteiger partial charge in [-0.05, 0) is 25.1 Å². The number of hydrogen-bond donors (Lipinski definition) is 1. The number of thioether (sulfide) groups is 1. The maximum Gasteiger partial charge on any atom is 0.256 e. The number of benzene rings is 1. The molecule has 1 heterocycles. The Hall–Kier alpha value is -1.82. The van der Waals surface area contributed by atoms with Gasteiger partial charge in [0, 0.05) is 0 Å². The van der Waals surface area contributed by atoms with Gasteiger partial charge in [-0.3, -0.25) is 4.79 Å². The highest BCUT2D eigenvalue weighted by molar-refractivity contribution is 7.99. The van der Waals surface area contributed by atoms with Gasteiger partial charge in [-0.25, -0.2) is 9.37 Å². The standard InChI is InChI=1S/C12H10FNO3S/c1-7-5-17-12(14-7)18-6-11(16)9-4-8(13)2-3-10(9)15/h2-5,15H,6H2,1H3. The van der Waals surface area contributed by atoms with Crippen molar-refractivity contribution in [2.75, 3.05) is 5.75 Å². The number of Topliss-reactive ketones (excluding diaryl/α,β-unsaturated/α-hetero) is 1. The van der Waals surface area contributed by atoms with Crippen molar-refractivity contribution in [1.82, 2.24) is 4.98 Å². The van der Waals surface area contributed by atoms with E-state index in [1.165, 1.54) is 6.26 Å². The normalized spacial score (nSPS) is 10.6. The molecule has 0 unspecified atom stereocenters. The van der Waals surface area contributed by atoms with Crippen LogP contribution in [-0.4, -0.2) is 21.6 Å². The molecule has 0 saturated heterocycles. The molecule has 6 heteroatoms. The molecular weight excluding hydrogens is 257 g/mol. The average molecular weight is 267 g/mol. The molecule has 0 aliphatic rings. The van der Waals surface area contributed by atoms with Crippen LogP contribution < -0.4 is 0 Å². The number of nitrogens with zero attached hydrogens (tertiary/aromatic N) is 1. The van der Waals surface area contributed by atoms with Crippen LogP contribution in [0.4, 0.5) is 4.39 Å². The molecule has 2 aromatic rings. The van der Waals surface area contributed by atoms with E-state index in [9.17, 15) is 14.3 Å². The Morgan fingerprint density at radius 2 is 2.33 bits per heavy atom. The average Bonchev–Trinajstić information content (AvgIpc) is 2.75. The molecule has 0 saturated carbocycles. The van der Waals surface area contributed by atoms with Crippen molar-refractivity contribution in [3.8, 4) is 5.75 Å². The van der Waals surface area contributed by atoms with E-state index in [1.807, 2.05) is 0 Å². The predicted octanol–water partition coefficient (Wildman–Crippen LogP) is 2.80. The van der Waals surface area contributed by atoms with E-state index in [1.54, 1.807) is 6.92 Å². The first-order valence-corrected chi connectivity index (χ1v) is 6.11. The SMILES string of the molecule is Cc1coc(SCC(=O)c2cc(F)ccc2O)n1. The number of hydrogen-bond acceptors (Lipinski definition) is 5. The lowest BCUT2D eigenvalue weighted by atomic mass is 10.1. The Balaban J connectivity index is 2.05. The third-order valence-corrected chi connectivity index (χ3v) is 3.02. The molecule has 0 atom stereocenters. The lowest BCUT2D eigenvalue weighted by Gasteiger charge is -2.02. The summed E-state index contributed by atoms with van der Waals surface area (Å²) in [6, 6.07) is 3.26. The molecule has 0 radical (unpaired) electrons. The van der Waals surface area contributed by atoms with Gasteiger partial charge in [0.25, 0.3) is 5.22 Å². The van der Waals surface area contributed by atoms with E-state index in [0.29, 0.717) is 5.22 Å². The summed E-state index contributed by atoms with van der Waals surface area (Å²) < 4.78 is 18.0.